The number of halogens is 1. The van der Waals surface area contributed by atoms with Crippen LogP contribution in [0, 0.1) is 0 Å². The standard InChI is InChI=1S/C14H11BrO3/c15-12-7-14-13(17-9-18-14)6-10(12)8-16-11-4-2-1-3-5-11/h1-7H,8-9H2. The molecule has 1 heterocycles. The van der Waals surface area contributed by atoms with Gasteiger partial charge in [-0.15, -0.1) is 0 Å². The summed E-state index contributed by atoms with van der Waals surface area (Å²) in [6.07, 6.45) is 0. The predicted octanol–water partition coefficient (Wildman–Crippen LogP) is 3.76. The molecule has 18 heavy (non-hydrogen) atoms. The number of hydrogen-bond acceptors (Lipinski definition) is 3. The minimum Gasteiger partial charge on any atom is -0.489 e. The van der Waals surface area contributed by atoms with Crippen LogP contribution in [0.25, 0.3) is 0 Å². The van der Waals surface area contributed by atoms with Gasteiger partial charge in [0.05, 0.1) is 0 Å². The highest BCUT2D eigenvalue weighted by molar-refractivity contribution is 9.10. The Kier molecular flexibility index (Phi) is 3.11. The molecule has 0 radical (unpaired) electrons. The van der Waals surface area contributed by atoms with E-state index in [-0.39, 0.29) is 6.79 Å². The molecule has 0 saturated carbocycles. The highest BCUT2D eigenvalue weighted by Gasteiger charge is 2.16. The summed E-state index contributed by atoms with van der Waals surface area (Å²) in [6.45, 7) is 0.770. The van der Waals surface area contributed by atoms with Crippen LogP contribution in [-0.2, 0) is 6.61 Å². The smallest absolute Gasteiger partial charge is 0.231 e. The van der Waals surface area contributed by atoms with Gasteiger partial charge in [0.25, 0.3) is 0 Å². The Morgan fingerprint density at radius 3 is 2.56 bits per heavy atom. The fourth-order valence-corrected chi connectivity index (χ4v) is 2.18. The maximum absolute atomic E-state index is 5.71. The van der Waals surface area contributed by atoms with Crippen LogP contribution in [0.4, 0.5) is 0 Å². The molecule has 0 fully saturated rings. The Balaban J connectivity index is 1.77. The molecule has 2 aromatic carbocycles. The molecular formula is C14H11BrO3. The minimum absolute atomic E-state index is 0.283. The maximum atomic E-state index is 5.71. The number of ether oxygens (including phenoxy) is 3. The molecule has 1 aliphatic rings. The molecule has 0 unspecified atom stereocenters. The van der Waals surface area contributed by atoms with Crippen molar-refractivity contribution < 1.29 is 14.2 Å². The van der Waals surface area contributed by atoms with Crippen LogP contribution in [0.5, 0.6) is 17.2 Å². The van der Waals surface area contributed by atoms with E-state index in [1.165, 1.54) is 0 Å². The summed E-state index contributed by atoms with van der Waals surface area (Å²) in [4.78, 5) is 0. The van der Waals surface area contributed by atoms with Crippen LogP contribution < -0.4 is 14.2 Å². The molecule has 0 spiro atoms. The Morgan fingerprint density at radius 2 is 1.78 bits per heavy atom. The second-order valence-corrected chi connectivity index (χ2v) is 4.75. The molecule has 0 saturated heterocycles. The molecule has 0 bridgehead atoms. The zero-order valence-electron chi connectivity index (χ0n) is 9.56. The first-order chi connectivity index (χ1) is 8.83. The van der Waals surface area contributed by atoms with Gasteiger partial charge in [-0.05, 0) is 24.3 Å². The summed E-state index contributed by atoms with van der Waals surface area (Å²) < 4.78 is 17.3. The topological polar surface area (TPSA) is 27.7 Å². The number of benzene rings is 2. The van der Waals surface area contributed by atoms with E-state index in [2.05, 4.69) is 15.9 Å². The quantitative estimate of drug-likeness (QED) is 0.864. The lowest BCUT2D eigenvalue weighted by Gasteiger charge is -2.08. The van der Waals surface area contributed by atoms with Crippen molar-refractivity contribution in [2.75, 3.05) is 6.79 Å². The van der Waals surface area contributed by atoms with E-state index in [0.717, 1.165) is 27.3 Å². The van der Waals surface area contributed by atoms with Gasteiger partial charge in [0, 0.05) is 10.0 Å². The van der Waals surface area contributed by atoms with E-state index in [0.29, 0.717) is 6.61 Å². The zero-order valence-corrected chi connectivity index (χ0v) is 11.1. The lowest BCUT2D eigenvalue weighted by atomic mass is 10.2. The summed E-state index contributed by atoms with van der Waals surface area (Å²) >= 11 is 3.51. The monoisotopic (exact) mass is 306 g/mol. The van der Waals surface area contributed by atoms with Crippen molar-refractivity contribution in [3.05, 3.63) is 52.5 Å². The average molecular weight is 307 g/mol. The number of hydrogen-bond donors (Lipinski definition) is 0. The summed E-state index contributed by atoms with van der Waals surface area (Å²) in [5.74, 6) is 2.39. The highest BCUT2D eigenvalue weighted by Crippen LogP contribution is 2.37. The third-order valence-electron chi connectivity index (χ3n) is 2.68. The van der Waals surface area contributed by atoms with E-state index in [9.17, 15) is 0 Å². The molecule has 3 rings (SSSR count). The lowest BCUT2D eigenvalue weighted by molar-refractivity contribution is 0.174. The first-order valence-corrected chi connectivity index (χ1v) is 6.38. The van der Waals surface area contributed by atoms with Crippen LogP contribution >= 0.6 is 15.9 Å². The van der Waals surface area contributed by atoms with Crippen molar-refractivity contribution in [3.8, 4) is 17.2 Å². The first-order valence-electron chi connectivity index (χ1n) is 5.59. The molecule has 1 aliphatic heterocycles. The Hall–Kier alpha value is -1.68. The van der Waals surface area contributed by atoms with Gasteiger partial charge >= 0.3 is 0 Å². The summed E-state index contributed by atoms with van der Waals surface area (Å²) in [5, 5.41) is 0. The molecule has 92 valence electrons. The largest absolute Gasteiger partial charge is 0.489 e. The van der Waals surface area contributed by atoms with Gasteiger partial charge in [-0.1, -0.05) is 34.1 Å². The van der Waals surface area contributed by atoms with E-state index in [1.807, 2.05) is 42.5 Å². The molecule has 0 atom stereocenters. The second-order valence-electron chi connectivity index (χ2n) is 3.90. The van der Waals surface area contributed by atoms with Gasteiger partial charge < -0.3 is 14.2 Å². The molecule has 0 amide bonds. The van der Waals surface area contributed by atoms with Crippen molar-refractivity contribution in [3.63, 3.8) is 0 Å². The Bertz CT molecular complexity index is 554. The summed E-state index contributed by atoms with van der Waals surface area (Å²) in [7, 11) is 0. The number of para-hydroxylation sites is 1. The summed E-state index contributed by atoms with van der Waals surface area (Å²) in [6, 6.07) is 13.6. The minimum atomic E-state index is 0.283. The van der Waals surface area contributed by atoms with E-state index in [1.54, 1.807) is 0 Å². The molecule has 2 aromatic rings. The van der Waals surface area contributed by atoms with Crippen molar-refractivity contribution in [1.29, 1.82) is 0 Å². The van der Waals surface area contributed by atoms with Gasteiger partial charge in [-0.3, -0.25) is 0 Å². The first kappa shape index (κ1) is 11.4. The van der Waals surface area contributed by atoms with Crippen molar-refractivity contribution in [2.24, 2.45) is 0 Å². The third-order valence-corrected chi connectivity index (χ3v) is 3.42. The summed E-state index contributed by atoms with van der Waals surface area (Å²) in [5.41, 5.74) is 1.03. The molecule has 0 N–H and O–H groups in total. The third kappa shape index (κ3) is 2.29. The van der Waals surface area contributed by atoms with Crippen LogP contribution in [-0.4, -0.2) is 6.79 Å². The molecule has 4 heteroatoms. The predicted molar refractivity (Wildman–Crippen MR) is 71.0 cm³/mol. The average Bonchev–Trinajstić information content (AvgIpc) is 2.84. The maximum Gasteiger partial charge on any atom is 0.231 e. The Labute approximate surface area is 113 Å². The van der Waals surface area contributed by atoms with Crippen LogP contribution in [0.1, 0.15) is 5.56 Å². The van der Waals surface area contributed by atoms with Gasteiger partial charge in [-0.25, -0.2) is 0 Å². The zero-order chi connectivity index (χ0) is 12.4. The second kappa shape index (κ2) is 4.90. The van der Waals surface area contributed by atoms with Crippen LogP contribution in [0.3, 0.4) is 0 Å². The van der Waals surface area contributed by atoms with Crippen LogP contribution in [0.15, 0.2) is 46.9 Å². The van der Waals surface area contributed by atoms with Crippen molar-refractivity contribution in [2.45, 2.75) is 6.61 Å². The molecule has 3 nitrogen and oxygen atoms in total. The molecular weight excluding hydrogens is 296 g/mol. The van der Waals surface area contributed by atoms with Gasteiger partial charge in [0.15, 0.2) is 11.5 Å². The van der Waals surface area contributed by atoms with E-state index >= 15 is 0 Å². The number of rotatable bonds is 3. The highest BCUT2D eigenvalue weighted by atomic mass is 79.9. The molecule has 0 aromatic heterocycles. The van der Waals surface area contributed by atoms with Crippen molar-refractivity contribution in [1.82, 2.24) is 0 Å². The Morgan fingerprint density at radius 1 is 1.06 bits per heavy atom. The fourth-order valence-electron chi connectivity index (χ4n) is 1.75. The number of fused-ring (bicyclic) bond motifs is 1. The van der Waals surface area contributed by atoms with E-state index in [4.69, 9.17) is 14.2 Å². The lowest BCUT2D eigenvalue weighted by Crippen LogP contribution is -1.96. The van der Waals surface area contributed by atoms with E-state index < -0.39 is 0 Å². The fraction of sp³-hybridized carbons (Fsp3) is 0.143. The van der Waals surface area contributed by atoms with Gasteiger partial charge in [0.2, 0.25) is 6.79 Å². The van der Waals surface area contributed by atoms with Crippen molar-refractivity contribution >= 4 is 15.9 Å². The molecule has 0 aliphatic carbocycles. The van der Waals surface area contributed by atoms with Crippen LogP contribution in [0.2, 0.25) is 0 Å². The normalized spacial score (nSPS) is 12.5. The SMILES string of the molecule is Brc1cc2c(cc1COc1ccccc1)OCO2. The van der Waals surface area contributed by atoms with Gasteiger partial charge in [-0.2, -0.15) is 0 Å². The van der Waals surface area contributed by atoms with Gasteiger partial charge in [0.1, 0.15) is 12.4 Å².